The first-order valence-electron chi connectivity index (χ1n) is 7.64. The highest BCUT2D eigenvalue weighted by Crippen LogP contribution is 2.40. The van der Waals surface area contributed by atoms with Crippen LogP contribution in [0.5, 0.6) is 0 Å². The van der Waals surface area contributed by atoms with Gasteiger partial charge in [0.25, 0.3) is 0 Å². The zero-order chi connectivity index (χ0) is 14.7. The van der Waals surface area contributed by atoms with Crippen molar-refractivity contribution in [2.45, 2.75) is 37.8 Å². The van der Waals surface area contributed by atoms with Crippen LogP contribution in [-0.2, 0) is 4.74 Å². The van der Waals surface area contributed by atoms with Crippen LogP contribution in [0.1, 0.15) is 37.3 Å². The van der Waals surface area contributed by atoms with Crippen LogP contribution < -0.4 is 10.6 Å². The highest BCUT2D eigenvalue weighted by molar-refractivity contribution is 5.74. The molecular formula is C16H21FN2O2. The summed E-state index contributed by atoms with van der Waals surface area (Å²) in [7, 11) is 0. The third kappa shape index (κ3) is 3.94. The third-order valence-corrected chi connectivity index (χ3v) is 4.12. The SMILES string of the molecule is O=C(NC[C@H]1CCCO1)N[C@@H](c1ccc(F)cc1)C1CC1. The van der Waals surface area contributed by atoms with Gasteiger partial charge in [0.05, 0.1) is 12.1 Å². The first-order chi connectivity index (χ1) is 10.2. The number of halogens is 1. The van der Waals surface area contributed by atoms with Crippen LogP contribution in [0.3, 0.4) is 0 Å². The minimum atomic E-state index is -0.254. The summed E-state index contributed by atoms with van der Waals surface area (Å²) < 4.78 is 18.5. The van der Waals surface area contributed by atoms with Crippen molar-refractivity contribution in [3.8, 4) is 0 Å². The van der Waals surface area contributed by atoms with E-state index in [0.29, 0.717) is 12.5 Å². The molecule has 1 aromatic rings. The lowest BCUT2D eigenvalue weighted by molar-refractivity contribution is 0.111. The number of urea groups is 1. The van der Waals surface area contributed by atoms with Crippen LogP contribution in [0.4, 0.5) is 9.18 Å². The van der Waals surface area contributed by atoms with Gasteiger partial charge in [-0.25, -0.2) is 9.18 Å². The van der Waals surface area contributed by atoms with Gasteiger partial charge in [0.1, 0.15) is 5.82 Å². The van der Waals surface area contributed by atoms with E-state index in [0.717, 1.165) is 37.9 Å². The second kappa shape index (κ2) is 6.43. The summed E-state index contributed by atoms with van der Waals surface area (Å²) in [4.78, 5) is 12.0. The van der Waals surface area contributed by atoms with Crippen molar-refractivity contribution in [1.82, 2.24) is 10.6 Å². The van der Waals surface area contributed by atoms with E-state index in [4.69, 9.17) is 4.74 Å². The molecule has 1 aliphatic heterocycles. The predicted octanol–water partition coefficient (Wildman–Crippen LogP) is 2.76. The summed E-state index contributed by atoms with van der Waals surface area (Å²) in [6.07, 6.45) is 4.42. The maximum absolute atomic E-state index is 13.0. The monoisotopic (exact) mass is 292 g/mol. The second-order valence-corrected chi connectivity index (χ2v) is 5.86. The first kappa shape index (κ1) is 14.3. The summed E-state index contributed by atoms with van der Waals surface area (Å²) in [5.74, 6) is 0.208. The molecule has 4 nitrogen and oxygen atoms in total. The van der Waals surface area contributed by atoms with Crippen molar-refractivity contribution in [1.29, 1.82) is 0 Å². The standard InChI is InChI=1S/C16H21FN2O2/c17-13-7-5-12(6-8-13)15(11-3-4-11)19-16(20)18-10-14-2-1-9-21-14/h5-8,11,14-15H,1-4,9-10H2,(H2,18,19,20)/t14-,15-/m1/s1. The van der Waals surface area contributed by atoms with Gasteiger partial charge in [0, 0.05) is 13.2 Å². The third-order valence-electron chi connectivity index (χ3n) is 4.12. The average molecular weight is 292 g/mol. The van der Waals surface area contributed by atoms with Crippen LogP contribution in [0.15, 0.2) is 24.3 Å². The Hall–Kier alpha value is -1.62. The Morgan fingerprint density at radius 1 is 1.29 bits per heavy atom. The molecular weight excluding hydrogens is 271 g/mol. The molecule has 114 valence electrons. The molecule has 0 bridgehead atoms. The molecule has 1 saturated heterocycles. The van der Waals surface area contributed by atoms with Crippen molar-refractivity contribution in [3.05, 3.63) is 35.6 Å². The van der Waals surface area contributed by atoms with Crippen molar-refractivity contribution < 1.29 is 13.9 Å². The van der Waals surface area contributed by atoms with Crippen molar-refractivity contribution >= 4 is 6.03 Å². The van der Waals surface area contributed by atoms with E-state index in [1.54, 1.807) is 12.1 Å². The first-order valence-corrected chi connectivity index (χ1v) is 7.64. The van der Waals surface area contributed by atoms with Crippen LogP contribution in [0, 0.1) is 11.7 Å². The van der Waals surface area contributed by atoms with Gasteiger partial charge in [-0.15, -0.1) is 0 Å². The lowest BCUT2D eigenvalue weighted by Gasteiger charge is -2.20. The molecule has 2 fully saturated rings. The summed E-state index contributed by atoms with van der Waals surface area (Å²) in [5.41, 5.74) is 0.964. The zero-order valence-corrected chi connectivity index (χ0v) is 12.0. The highest BCUT2D eigenvalue weighted by Gasteiger charge is 2.33. The zero-order valence-electron chi connectivity index (χ0n) is 12.0. The van der Waals surface area contributed by atoms with Gasteiger partial charge in [0.15, 0.2) is 0 Å². The molecule has 0 unspecified atom stereocenters. The molecule has 0 aromatic heterocycles. The molecule has 2 aliphatic rings. The molecule has 2 N–H and O–H groups in total. The van der Waals surface area contributed by atoms with E-state index in [1.807, 2.05) is 0 Å². The summed E-state index contributed by atoms with van der Waals surface area (Å²) >= 11 is 0. The number of carbonyl (C=O) groups is 1. The molecule has 0 radical (unpaired) electrons. The molecule has 3 rings (SSSR count). The minimum absolute atomic E-state index is 0.0323. The van der Waals surface area contributed by atoms with E-state index in [-0.39, 0.29) is 24.0 Å². The van der Waals surface area contributed by atoms with Gasteiger partial charge < -0.3 is 15.4 Å². The predicted molar refractivity (Wildman–Crippen MR) is 77.4 cm³/mol. The quantitative estimate of drug-likeness (QED) is 0.876. The Morgan fingerprint density at radius 2 is 2.05 bits per heavy atom. The molecule has 2 amide bonds. The van der Waals surface area contributed by atoms with E-state index >= 15 is 0 Å². The van der Waals surface area contributed by atoms with E-state index in [1.165, 1.54) is 12.1 Å². The van der Waals surface area contributed by atoms with Gasteiger partial charge in [-0.3, -0.25) is 0 Å². The Morgan fingerprint density at radius 3 is 2.67 bits per heavy atom. The number of carbonyl (C=O) groups excluding carboxylic acids is 1. The van der Waals surface area contributed by atoms with Gasteiger partial charge >= 0.3 is 6.03 Å². The molecule has 21 heavy (non-hydrogen) atoms. The van der Waals surface area contributed by atoms with Gasteiger partial charge in [0.2, 0.25) is 0 Å². The molecule has 0 spiro atoms. The fraction of sp³-hybridized carbons (Fsp3) is 0.562. The van der Waals surface area contributed by atoms with Gasteiger partial charge in [-0.05, 0) is 49.3 Å². The number of benzene rings is 1. The number of rotatable bonds is 5. The molecule has 1 heterocycles. The topological polar surface area (TPSA) is 50.4 Å². The smallest absolute Gasteiger partial charge is 0.315 e. The van der Waals surface area contributed by atoms with E-state index in [9.17, 15) is 9.18 Å². The summed E-state index contributed by atoms with van der Waals surface area (Å²) in [5, 5.41) is 5.88. The van der Waals surface area contributed by atoms with Crippen LogP contribution in [-0.4, -0.2) is 25.3 Å². The second-order valence-electron chi connectivity index (χ2n) is 5.86. The van der Waals surface area contributed by atoms with Crippen LogP contribution >= 0.6 is 0 Å². The van der Waals surface area contributed by atoms with Gasteiger partial charge in [-0.1, -0.05) is 12.1 Å². The number of hydrogen-bond acceptors (Lipinski definition) is 2. The highest BCUT2D eigenvalue weighted by atomic mass is 19.1. The Kier molecular flexibility index (Phi) is 4.39. The Balaban J connectivity index is 1.54. The van der Waals surface area contributed by atoms with Gasteiger partial charge in [-0.2, -0.15) is 0 Å². The number of amides is 2. The Labute approximate surface area is 124 Å². The molecule has 1 aliphatic carbocycles. The average Bonchev–Trinajstić information content (AvgIpc) is 3.19. The van der Waals surface area contributed by atoms with Crippen LogP contribution in [0.25, 0.3) is 0 Å². The lowest BCUT2D eigenvalue weighted by atomic mass is 10.0. The Bertz CT molecular complexity index is 482. The molecule has 5 heteroatoms. The lowest BCUT2D eigenvalue weighted by Crippen LogP contribution is -2.41. The number of ether oxygens (including phenoxy) is 1. The molecule has 1 saturated carbocycles. The number of nitrogens with one attached hydrogen (secondary N) is 2. The fourth-order valence-corrected chi connectivity index (χ4v) is 2.78. The molecule has 2 atom stereocenters. The van der Waals surface area contributed by atoms with Crippen molar-refractivity contribution in [2.75, 3.05) is 13.2 Å². The van der Waals surface area contributed by atoms with Crippen molar-refractivity contribution in [2.24, 2.45) is 5.92 Å². The number of hydrogen-bond donors (Lipinski definition) is 2. The van der Waals surface area contributed by atoms with Crippen molar-refractivity contribution in [3.63, 3.8) is 0 Å². The summed E-state index contributed by atoms with van der Waals surface area (Å²) in [6.45, 7) is 1.33. The summed E-state index contributed by atoms with van der Waals surface area (Å²) in [6, 6.07) is 6.17. The molecule has 1 aromatic carbocycles. The maximum atomic E-state index is 13.0. The fourth-order valence-electron chi connectivity index (χ4n) is 2.78. The van der Waals surface area contributed by atoms with E-state index < -0.39 is 0 Å². The minimum Gasteiger partial charge on any atom is -0.376 e. The largest absolute Gasteiger partial charge is 0.376 e. The van der Waals surface area contributed by atoms with Crippen LogP contribution in [0.2, 0.25) is 0 Å². The maximum Gasteiger partial charge on any atom is 0.315 e. The normalized spacial score (nSPS) is 22.8. The van der Waals surface area contributed by atoms with E-state index in [2.05, 4.69) is 10.6 Å².